The Morgan fingerprint density at radius 3 is 2.24 bits per heavy atom. The molecule has 0 radical (unpaired) electrons. The summed E-state index contributed by atoms with van der Waals surface area (Å²) in [7, 11) is 0. The van der Waals surface area contributed by atoms with E-state index in [1.54, 1.807) is 0 Å². The van der Waals surface area contributed by atoms with Crippen LogP contribution in [0.1, 0.15) is 60.4 Å². The third-order valence-electron chi connectivity index (χ3n) is 8.04. The van der Waals surface area contributed by atoms with Gasteiger partial charge in [0.25, 0.3) is 0 Å². The lowest BCUT2D eigenvalue weighted by Crippen LogP contribution is -2.49. The van der Waals surface area contributed by atoms with Gasteiger partial charge in [-0.25, -0.2) is 0 Å². The molecular formula is C31H29NO2. The van der Waals surface area contributed by atoms with Gasteiger partial charge in [-0.2, -0.15) is 0 Å². The molecule has 4 aliphatic rings. The fourth-order valence-electron chi connectivity index (χ4n) is 6.37. The summed E-state index contributed by atoms with van der Waals surface area (Å²) in [5.74, 6) is -0.552. The third-order valence-corrected chi connectivity index (χ3v) is 8.04. The van der Waals surface area contributed by atoms with Gasteiger partial charge in [-0.3, -0.25) is 14.5 Å². The normalized spacial score (nSPS) is 27.1. The molecule has 3 heteroatoms. The number of carbonyl (C=O) groups excluding carboxylic acids is 2. The zero-order valence-corrected chi connectivity index (χ0v) is 19.9. The van der Waals surface area contributed by atoms with E-state index in [2.05, 4.69) is 63.2 Å². The van der Waals surface area contributed by atoms with Crippen LogP contribution in [0.3, 0.4) is 0 Å². The average molecular weight is 448 g/mol. The highest BCUT2D eigenvalue weighted by molar-refractivity contribution is 6.13. The Hall–Kier alpha value is -3.46. The van der Waals surface area contributed by atoms with Crippen LogP contribution in [0.15, 0.2) is 91.0 Å². The first-order chi connectivity index (χ1) is 16.3. The van der Waals surface area contributed by atoms with Crippen molar-refractivity contribution in [2.75, 3.05) is 0 Å². The summed E-state index contributed by atoms with van der Waals surface area (Å²) in [6, 6.07) is 26.7. The monoisotopic (exact) mass is 447 g/mol. The first-order valence-corrected chi connectivity index (χ1v) is 12.1. The maximum Gasteiger partial charge on any atom is 0.244 e. The number of likely N-dealkylation sites (tertiary alicyclic amines) is 1. The Morgan fingerprint density at radius 2 is 1.53 bits per heavy atom. The van der Waals surface area contributed by atoms with Crippen LogP contribution in [0.4, 0.5) is 0 Å². The van der Waals surface area contributed by atoms with Crippen LogP contribution in [-0.4, -0.2) is 16.7 Å². The molecule has 0 aromatic heterocycles. The summed E-state index contributed by atoms with van der Waals surface area (Å²) in [6.45, 7) is 6.94. The molecule has 0 saturated carbocycles. The summed E-state index contributed by atoms with van der Waals surface area (Å²) >= 11 is 0. The van der Waals surface area contributed by atoms with Crippen molar-refractivity contribution in [3.63, 3.8) is 0 Å². The van der Waals surface area contributed by atoms with Gasteiger partial charge in [-0.05, 0) is 33.2 Å². The molecule has 1 saturated heterocycles. The van der Waals surface area contributed by atoms with E-state index in [1.807, 2.05) is 48.5 Å². The SMILES string of the molecule is CC(C)(C)c1ccc([C@H]2[C@@H]3C=C[C@@]4(C(=O)N(Cc5ccccc5)C(=O)[C@H]24)c2ccccc23)cc1. The van der Waals surface area contributed by atoms with E-state index < -0.39 is 11.3 Å². The molecule has 0 N–H and O–H groups in total. The van der Waals surface area contributed by atoms with E-state index in [9.17, 15) is 9.59 Å². The molecule has 3 aromatic carbocycles. The predicted molar refractivity (Wildman–Crippen MR) is 133 cm³/mol. The van der Waals surface area contributed by atoms with Gasteiger partial charge in [-0.15, -0.1) is 0 Å². The molecular weight excluding hydrogens is 418 g/mol. The highest BCUT2D eigenvalue weighted by atomic mass is 16.2. The lowest BCUT2D eigenvalue weighted by atomic mass is 9.51. The van der Waals surface area contributed by atoms with Gasteiger partial charge in [-0.1, -0.05) is 112 Å². The van der Waals surface area contributed by atoms with Gasteiger partial charge in [0.1, 0.15) is 5.41 Å². The van der Waals surface area contributed by atoms with Crippen molar-refractivity contribution in [2.45, 2.75) is 50.0 Å². The van der Waals surface area contributed by atoms with Gasteiger partial charge < -0.3 is 0 Å². The van der Waals surface area contributed by atoms with E-state index in [4.69, 9.17) is 0 Å². The van der Waals surface area contributed by atoms with E-state index in [-0.39, 0.29) is 29.1 Å². The van der Waals surface area contributed by atoms with Crippen LogP contribution in [0.2, 0.25) is 0 Å². The van der Waals surface area contributed by atoms with Gasteiger partial charge in [0.2, 0.25) is 11.8 Å². The summed E-state index contributed by atoms with van der Waals surface area (Å²) in [5.41, 5.74) is 4.68. The number of imide groups is 1. The fraction of sp³-hybridized carbons (Fsp3) is 0.290. The molecule has 3 nitrogen and oxygen atoms in total. The molecule has 4 atom stereocenters. The Balaban J connectivity index is 1.50. The molecule has 3 aromatic rings. The summed E-state index contributed by atoms with van der Waals surface area (Å²) in [4.78, 5) is 29.6. The number of hydrogen-bond donors (Lipinski definition) is 0. The summed E-state index contributed by atoms with van der Waals surface area (Å²) in [5, 5.41) is 0. The molecule has 1 aliphatic heterocycles. The number of benzene rings is 3. The van der Waals surface area contributed by atoms with Crippen molar-refractivity contribution in [3.8, 4) is 0 Å². The minimum atomic E-state index is -0.926. The summed E-state index contributed by atoms with van der Waals surface area (Å²) < 4.78 is 0. The minimum Gasteiger partial charge on any atom is -0.277 e. The molecule has 2 bridgehead atoms. The molecule has 3 aliphatic carbocycles. The molecule has 1 spiro atoms. The first-order valence-electron chi connectivity index (χ1n) is 12.1. The number of rotatable bonds is 3. The van der Waals surface area contributed by atoms with E-state index in [1.165, 1.54) is 16.0 Å². The summed E-state index contributed by atoms with van der Waals surface area (Å²) in [6.07, 6.45) is 4.22. The first kappa shape index (κ1) is 21.1. The third kappa shape index (κ3) is 2.82. The van der Waals surface area contributed by atoms with Crippen molar-refractivity contribution >= 4 is 11.8 Å². The molecule has 34 heavy (non-hydrogen) atoms. The Morgan fingerprint density at radius 1 is 0.853 bits per heavy atom. The smallest absolute Gasteiger partial charge is 0.244 e. The second-order valence-corrected chi connectivity index (χ2v) is 10.9. The maximum atomic E-state index is 14.1. The molecule has 170 valence electrons. The van der Waals surface area contributed by atoms with Crippen molar-refractivity contribution in [2.24, 2.45) is 5.92 Å². The molecule has 1 fully saturated rings. The number of carbonyl (C=O) groups is 2. The van der Waals surface area contributed by atoms with Crippen LogP contribution < -0.4 is 0 Å². The van der Waals surface area contributed by atoms with Gasteiger partial charge in [0.05, 0.1) is 12.5 Å². The van der Waals surface area contributed by atoms with Crippen molar-refractivity contribution in [1.29, 1.82) is 0 Å². The molecule has 7 rings (SSSR count). The fourth-order valence-corrected chi connectivity index (χ4v) is 6.37. The topological polar surface area (TPSA) is 37.4 Å². The number of allylic oxidation sites excluding steroid dienone is 1. The average Bonchev–Trinajstić information content (AvgIpc) is 3.07. The number of nitrogens with zero attached hydrogens (tertiary/aromatic N) is 1. The second-order valence-electron chi connectivity index (χ2n) is 10.9. The molecule has 2 amide bonds. The zero-order chi connectivity index (χ0) is 23.7. The number of amides is 2. The predicted octanol–water partition coefficient (Wildman–Crippen LogP) is 5.86. The van der Waals surface area contributed by atoms with Crippen molar-refractivity contribution in [1.82, 2.24) is 4.90 Å². The van der Waals surface area contributed by atoms with E-state index in [0.29, 0.717) is 6.54 Å². The van der Waals surface area contributed by atoms with Gasteiger partial charge in [0, 0.05) is 11.8 Å². The van der Waals surface area contributed by atoms with Crippen molar-refractivity contribution in [3.05, 3.63) is 119 Å². The van der Waals surface area contributed by atoms with Crippen molar-refractivity contribution < 1.29 is 9.59 Å². The number of hydrogen-bond acceptors (Lipinski definition) is 2. The Labute approximate surface area is 201 Å². The maximum absolute atomic E-state index is 14.1. The molecule has 0 unspecified atom stereocenters. The van der Waals surface area contributed by atoms with E-state index in [0.717, 1.165) is 16.7 Å². The van der Waals surface area contributed by atoms with Crippen LogP contribution in [0.5, 0.6) is 0 Å². The quantitative estimate of drug-likeness (QED) is 0.373. The lowest BCUT2D eigenvalue weighted by Gasteiger charge is -2.48. The highest BCUT2D eigenvalue weighted by Gasteiger charge is 2.67. The molecule has 1 heterocycles. The zero-order valence-electron chi connectivity index (χ0n) is 19.9. The van der Waals surface area contributed by atoms with Gasteiger partial charge >= 0.3 is 0 Å². The second kappa shape index (κ2) is 7.27. The Bertz CT molecular complexity index is 1320. The van der Waals surface area contributed by atoms with Crippen LogP contribution in [-0.2, 0) is 27.0 Å². The van der Waals surface area contributed by atoms with E-state index >= 15 is 0 Å². The Kier molecular flexibility index (Phi) is 4.51. The standard InChI is InChI=1S/C31H29NO2/c1-30(2,3)22-15-13-21(14-16-22)26-24-17-18-31(25-12-8-7-11-23(24)25)27(26)28(33)32(29(31)34)19-20-9-5-4-6-10-20/h4-18,24,26-27H,19H2,1-3H3/t24-,26+,27+,31-/m1/s1. The lowest BCUT2D eigenvalue weighted by molar-refractivity contribution is -0.140. The highest BCUT2D eigenvalue weighted by Crippen LogP contribution is 2.62. The van der Waals surface area contributed by atoms with Crippen LogP contribution >= 0.6 is 0 Å². The van der Waals surface area contributed by atoms with Crippen LogP contribution in [0, 0.1) is 5.92 Å². The minimum absolute atomic E-state index is 0.0531. The van der Waals surface area contributed by atoms with Crippen LogP contribution in [0.25, 0.3) is 0 Å². The largest absolute Gasteiger partial charge is 0.277 e. The van der Waals surface area contributed by atoms with Gasteiger partial charge in [0.15, 0.2) is 0 Å².